The highest BCUT2D eigenvalue weighted by atomic mass is 79.9. The van der Waals surface area contributed by atoms with Gasteiger partial charge in [-0.1, -0.05) is 0 Å². The summed E-state index contributed by atoms with van der Waals surface area (Å²) in [5, 5.41) is 12.0. The molecule has 0 aliphatic heterocycles. The van der Waals surface area contributed by atoms with Crippen molar-refractivity contribution in [3.63, 3.8) is 0 Å². The molecule has 0 bridgehead atoms. The minimum Gasteiger partial charge on any atom is -0.494 e. The van der Waals surface area contributed by atoms with E-state index in [2.05, 4.69) is 42.4 Å². The molecule has 1 rings (SSSR count). The molecule has 0 saturated heterocycles. The summed E-state index contributed by atoms with van der Waals surface area (Å²) in [7, 11) is 1.57. The first-order chi connectivity index (χ1) is 8.58. The van der Waals surface area contributed by atoms with Crippen molar-refractivity contribution < 1.29 is 9.53 Å². The molecular formula is C11H9Br2N3O2. The zero-order chi connectivity index (χ0) is 13.5. The van der Waals surface area contributed by atoms with Crippen molar-refractivity contribution in [1.29, 1.82) is 5.26 Å². The topological polar surface area (TPSA) is 74.5 Å². The van der Waals surface area contributed by atoms with Gasteiger partial charge in [0, 0.05) is 0 Å². The second-order valence-corrected chi connectivity index (χ2v) is 4.85. The van der Waals surface area contributed by atoms with Crippen LogP contribution in [0.15, 0.2) is 26.2 Å². The van der Waals surface area contributed by atoms with Crippen LogP contribution < -0.4 is 10.2 Å². The van der Waals surface area contributed by atoms with E-state index in [0.717, 1.165) is 14.5 Å². The zero-order valence-corrected chi connectivity index (χ0v) is 12.6. The summed E-state index contributed by atoms with van der Waals surface area (Å²) in [6, 6.07) is 5.32. The lowest BCUT2D eigenvalue weighted by molar-refractivity contribution is -0.120. The zero-order valence-electron chi connectivity index (χ0n) is 9.41. The van der Waals surface area contributed by atoms with Crippen molar-refractivity contribution in [1.82, 2.24) is 5.43 Å². The number of rotatable bonds is 4. The molecule has 0 spiro atoms. The number of nitrogens with zero attached hydrogens (tertiary/aromatic N) is 2. The Hall–Kier alpha value is -1.39. The first-order valence-electron chi connectivity index (χ1n) is 4.80. The predicted molar refractivity (Wildman–Crippen MR) is 74.4 cm³/mol. The molecule has 0 aliphatic rings. The first-order valence-corrected chi connectivity index (χ1v) is 6.39. The van der Waals surface area contributed by atoms with E-state index in [-0.39, 0.29) is 6.42 Å². The summed E-state index contributed by atoms with van der Waals surface area (Å²) in [5.41, 5.74) is 3.02. The van der Waals surface area contributed by atoms with Crippen LogP contribution in [-0.2, 0) is 4.79 Å². The van der Waals surface area contributed by atoms with Gasteiger partial charge in [-0.3, -0.25) is 4.79 Å². The molecule has 18 heavy (non-hydrogen) atoms. The van der Waals surface area contributed by atoms with Gasteiger partial charge in [-0.15, -0.1) is 0 Å². The molecule has 94 valence electrons. The van der Waals surface area contributed by atoms with Gasteiger partial charge in [0.2, 0.25) is 0 Å². The Balaban J connectivity index is 2.78. The van der Waals surface area contributed by atoms with Crippen LogP contribution in [0, 0.1) is 11.3 Å². The number of hydrogen-bond acceptors (Lipinski definition) is 4. The fourth-order valence-corrected chi connectivity index (χ4v) is 2.68. The van der Waals surface area contributed by atoms with Gasteiger partial charge in [0.1, 0.15) is 12.2 Å². The summed E-state index contributed by atoms with van der Waals surface area (Å²) in [4.78, 5) is 11.0. The number of benzene rings is 1. The highest BCUT2D eigenvalue weighted by Gasteiger charge is 2.06. The smallest absolute Gasteiger partial charge is 0.254 e. The average Bonchev–Trinajstić information content (AvgIpc) is 2.29. The van der Waals surface area contributed by atoms with Gasteiger partial charge in [0.05, 0.1) is 28.3 Å². The van der Waals surface area contributed by atoms with Gasteiger partial charge in [-0.2, -0.15) is 10.4 Å². The molecule has 0 unspecified atom stereocenters. The van der Waals surface area contributed by atoms with E-state index < -0.39 is 5.91 Å². The third kappa shape index (κ3) is 4.13. The molecule has 0 aliphatic carbocycles. The van der Waals surface area contributed by atoms with Gasteiger partial charge >= 0.3 is 0 Å². The Bertz CT molecular complexity index is 501. The number of nitrogens with one attached hydrogen (secondary N) is 1. The van der Waals surface area contributed by atoms with E-state index in [4.69, 9.17) is 10.00 Å². The Kier molecular flexibility index (Phi) is 5.82. The SMILES string of the molecule is COc1c(Br)cc(/C=N\NC(=O)CC#N)cc1Br. The van der Waals surface area contributed by atoms with E-state index in [1.807, 2.05) is 0 Å². The number of hydrogen-bond donors (Lipinski definition) is 1. The van der Waals surface area contributed by atoms with Crippen molar-refractivity contribution in [2.45, 2.75) is 6.42 Å². The third-order valence-electron chi connectivity index (χ3n) is 1.87. The van der Waals surface area contributed by atoms with Crippen molar-refractivity contribution in [3.8, 4) is 11.8 Å². The molecule has 1 N–H and O–H groups in total. The Morgan fingerprint density at radius 1 is 1.56 bits per heavy atom. The number of ether oxygens (including phenoxy) is 1. The van der Waals surface area contributed by atoms with E-state index in [1.54, 1.807) is 25.3 Å². The minimum atomic E-state index is -0.444. The molecule has 0 atom stereocenters. The molecule has 0 saturated carbocycles. The Morgan fingerprint density at radius 2 is 2.17 bits per heavy atom. The van der Waals surface area contributed by atoms with Crippen LogP contribution in [0.3, 0.4) is 0 Å². The standard InChI is InChI=1S/C11H9Br2N3O2/c1-18-11-8(12)4-7(5-9(11)13)6-15-16-10(17)2-3-14/h4-6H,2H2,1H3,(H,16,17)/b15-6-. The highest BCUT2D eigenvalue weighted by molar-refractivity contribution is 9.11. The van der Waals surface area contributed by atoms with Gasteiger partial charge in [0.15, 0.2) is 0 Å². The van der Waals surface area contributed by atoms with Crippen LogP contribution >= 0.6 is 31.9 Å². The maximum absolute atomic E-state index is 11.0. The number of hydrazone groups is 1. The van der Waals surface area contributed by atoms with Crippen molar-refractivity contribution in [2.75, 3.05) is 7.11 Å². The average molecular weight is 375 g/mol. The summed E-state index contributed by atoms with van der Waals surface area (Å²) >= 11 is 6.71. The van der Waals surface area contributed by atoms with Crippen molar-refractivity contribution in [2.24, 2.45) is 5.10 Å². The number of carbonyl (C=O) groups excluding carboxylic acids is 1. The van der Waals surface area contributed by atoms with E-state index >= 15 is 0 Å². The Morgan fingerprint density at radius 3 is 2.67 bits per heavy atom. The Labute approximate surface area is 121 Å². The maximum atomic E-state index is 11.0. The van der Waals surface area contributed by atoms with E-state index in [0.29, 0.717) is 5.75 Å². The van der Waals surface area contributed by atoms with E-state index in [9.17, 15) is 4.79 Å². The van der Waals surface area contributed by atoms with Crippen LogP contribution in [0.25, 0.3) is 0 Å². The molecule has 1 aromatic carbocycles. The molecule has 0 radical (unpaired) electrons. The second-order valence-electron chi connectivity index (χ2n) is 3.15. The van der Waals surface area contributed by atoms with E-state index in [1.165, 1.54) is 6.21 Å². The largest absolute Gasteiger partial charge is 0.494 e. The number of carbonyl (C=O) groups is 1. The summed E-state index contributed by atoms with van der Waals surface area (Å²) in [6.07, 6.45) is 1.26. The van der Waals surface area contributed by atoms with Crippen LogP contribution in [0.2, 0.25) is 0 Å². The third-order valence-corrected chi connectivity index (χ3v) is 3.05. The van der Waals surface area contributed by atoms with Crippen LogP contribution in [-0.4, -0.2) is 19.2 Å². The summed E-state index contributed by atoms with van der Waals surface area (Å²) in [5.74, 6) is 0.237. The van der Waals surface area contributed by atoms with Gasteiger partial charge in [-0.05, 0) is 49.6 Å². The van der Waals surface area contributed by atoms with Crippen LogP contribution in [0.5, 0.6) is 5.75 Å². The quantitative estimate of drug-likeness (QED) is 0.650. The van der Waals surface area contributed by atoms with Crippen LogP contribution in [0.1, 0.15) is 12.0 Å². The molecule has 7 heteroatoms. The predicted octanol–water partition coefficient (Wildman–Crippen LogP) is 2.58. The fourth-order valence-electron chi connectivity index (χ4n) is 1.14. The molecule has 0 fully saturated rings. The summed E-state index contributed by atoms with van der Waals surface area (Å²) < 4.78 is 6.70. The molecule has 1 amide bonds. The van der Waals surface area contributed by atoms with Crippen molar-refractivity contribution >= 4 is 44.0 Å². The number of amides is 1. The lowest BCUT2D eigenvalue weighted by Crippen LogP contribution is -2.16. The molecule has 1 aromatic rings. The first kappa shape index (κ1) is 14.7. The minimum absolute atomic E-state index is 0.215. The second kappa shape index (κ2) is 7.13. The normalized spacial score (nSPS) is 10.1. The number of methoxy groups -OCH3 is 1. The van der Waals surface area contributed by atoms with Gasteiger partial charge in [-0.25, -0.2) is 5.43 Å². The summed E-state index contributed by atoms with van der Waals surface area (Å²) in [6.45, 7) is 0. The fraction of sp³-hybridized carbons (Fsp3) is 0.182. The molecule has 5 nitrogen and oxygen atoms in total. The molecule has 0 aromatic heterocycles. The molecular weight excluding hydrogens is 366 g/mol. The van der Waals surface area contributed by atoms with Crippen molar-refractivity contribution in [3.05, 3.63) is 26.6 Å². The highest BCUT2D eigenvalue weighted by Crippen LogP contribution is 2.33. The number of nitriles is 1. The molecule has 0 heterocycles. The van der Waals surface area contributed by atoms with Gasteiger partial charge < -0.3 is 4.74 Å². The van der Waals surface area contributed by atoms with Crippen LogP contribution in [0.4, 0.5) is 0 Å². The maximum Gasteiger partial charge on any atom is 0.254 e. The number of halogens is 2. The van der Waals surface area contributed by atoms with Gasteiger partial charge in [0.25, 0.3) is 5.91 Å². The lowest BCUT2D eigenvalue weighted by Gasteiger charge is -2.06. The monoisotopic (exact) mass is 373 g/mol. The lowest BCUT2D eigenvalue weighted by atomic mass is 10.2.